The Morgan fingerprint density at radius 3 is 2.56 bits per heavy atom. The Hall–Kier alpha value is -1.31. The van der Waals surface area contributed by atoms with Gasteiger partial charge in [-0.15, -0.1) is 0 Å². The number of rotatable bonds is 13. The second kappa shape index (κ2) is 13.9. The highest BCUT2D eigenvalue weighted by molar-refractivity contribution is 7.42. The van der Waals surface area contributed by atoms with Crippen molar-refractivity contribution in [1.29, 1.82) is 0 Å². The molecule has 4 heteroatoms. The van der Waals surface area contributed by atoms with E-state index in [1.165, 1.54) is 19.3 Å². The van der Waals surface area contributed by atoms with E-state index in [1.54, 1.807) is 0 Å². The second-order valence-electron chi connectivity index (χ2n) is 6.05. The fourth-order valence-electron chi connectivity index (χ4n) is 2.19. The molecule has 0 aliphatic heterocycles. The number of allylic oxidation sites excluding steroid dienone is 4. The summed E-state index contributed by atoms with van der Waals surface area (Å²) < 4.78 is 17.9. The maximum Gasteiger partial charge on any atom is 0.462 e. The molecule has 0 spiro atoms. The molecular formula is C21H33O3P. The zero-order valence-electron chi connectivity index (χ0n) is 16.1. The van der Waals surface area contributed by atoms with Crippen molar-refractivity contribution in [2.24, 2.45) is 5.92 Å². The molecule has 0 bridgehead atoms. The molecule has 1 aromatic carbocycles. The van der Waals surface area contributed by atoms with Crippen LogP contribution in [0.5, 0.6) is 5.75 Å². The van der Waals surface area contributed by atoms with E-state index in [9.17, 15) is 0 Å². The van der Waals surface area contributed by atoms with Crippen LogP contribution in [0.2, 0.25) is 0 Å². The van der Waals surface area contributed by atoms with Crippen LogP contribution in [-0.2, 0) is 9.05 Å². The van der Waals surface area contributed by atoms with Gasteiger partial charge in [0.05, 0.1) is 6.61 Å². The SMILES string of the molecule is CC/C=C\C=C(/C)OP(OCC(CC)CCCC)Oc1ccccc1. The van der Waals surface area contributed by atoms with Crippen LogP contribution in [0.3, 0.4) is 0 Å². The minimum Gasteiger partial charge on any atom is -0.423 e. The van der Waals surface area contributed by atoms with Gasteiger partial charge in [-0.05, 0) is 43.9 Å². The summed E-state index contributed by atoms with van der Waals surface area (Å²) in [5.41, 5.74) is 0. The van der Waals surface area contributed by atoms with Gasteiger partial charge in [-0.2, -0.15) is 0 Å². The number of hydrogen-bond acceptors (Lipinski definition) is 3. The maximum atomic E-state index is 6.03. The molecule has 0 N–H and O–H groups in total. The molecule has 0 saturated heterocycles. The zero-order chi connectivity index (χ0) is 18.3. The summed E-state index contributed by atoms with van der Waals surface area (Å²) in [6.45, 7) is 9.15. The van der Waals surface area contributed by atoms with Crippen molar-refractivity contribution in [2.75, 3.05) is 6.61 Å². The lowest BCUT2D eigenvalue weighted by Gasteiger charge is -2.21. The Bertz CT molecular complexity index is 499. The fourth-order valence-corrected chi connectivity index (χ4v) is 3.26. The minimum atomic E-state index is -1.45. The van der Waals surface area contributed by atoms with Crippen LogP contribution in [0.4, 0.5) is 0 Å². The van der Waals surface area contributed by atoms with E-state index < -0.39 is 8.60 Å². The van der Waals surface area contributed by atoms with Gasteiger partial charge >= 0.3 is 8.60 Å². The highest BCUT2D eigenvalue weighted by Crippen LogP contribution is 2.43. The average Bonchev–Trinajstić information content (AvgIpc) is 2.63. The van der Waals surface area contributed by atoms with Crippen molar-refractivity contribution < 1.29 is 13.6 Å². The molecule has 1 rings (SSSR count). The minimum absolute atomic E-state index is 0.553. The van der Waals surface area contributed by atoms with E-state index in [0.717, 1.165) is 24.4 Å². The summed E-state index contributed by atoms with van der Waals surface area (Å²) in [7, 11) is -1.45. The van der Waals surface area contributed by atoms with E-state index in [1.807, 2.05) is 49.4 Å². The predicted octanol–water partition coefficient (Wildman–Crippen LogP) is 7.41. The summed E-state index contributed by atoms with van der Waals surface area (Å²) in [5.74, 6) is 2.12. The first-order valence-corrected chi connectivity index (χ1v) is 10.5. The molecule has 25 heavy (non-hydrogen) atoms. The number of para-hydroxylation sites is 1. The Kier molecular flexibility index (Phi) is 12.1. The molecule has 0 aliphatic rings. The van der Waals surface area contributed by atoms with E-state index in [2.05, 4.69) is 26.8 Å². The first-order chi connectivity index (χ1) is 12.2. The van der Waals surface area contributed by atoms with Crippen molar-refractivity contribution in [2.45, 2.75) is 59.8 Å². The molecule has 0 aliphatic carbocycles. The molecule has 0 heterocycles. The van der Waals surface area contributed by atoms with E-state index in [0.29, 0.717) is 12.5 Å². The number of benzene rings is 1. The predicted molar refractivity (Wildman–Crippen MR) is 108 cm³/mol. The number of unbranched alkanes of at least 4 members (excludes halogenated alkanes) is 1. The lowest BCUT2D eigenvalue weighted by atomic mass is 10.0. The summed E-state index contributed by atoms with van der Waals surface area (Å²) in [4.78, 5) is 0. The van der Waals surface area contributed by atoms with Gasteiger partial charge in [-0.3, -0.25) is 4.52 Å². The molecular weight excluding hydrogens is 331 g/mol. The standard InChI is InChI=1S/C21H33O3P/c1-5-8-11-14-19(4)23-25(24-21-16-12-10-13-17-21)22-18-20(7-3)15-9-6-2/h8,10-14,16-17,20H,5-7,9,15,18H2,1-4H3/b11-8-,19-14+. The van der Waals surface area contributed by atoms with Crippen LogP contribution >= 0.6 is 8.60 Å². The summed E-state index contributed by atoms with van der Waals surface area (Å²) in [6, 6.07) is 9.71. The smallest absolute Gasteiger partial charge is 0.423 e. The molecule has 0 aromatic heterocycles. The van der Waals surface area contributed by atoms with Crippen LogP contribution in [0, 0.1) is 5.92 Å². The Morgan fingerprint density at radius 1 is 1.16 bits per heavy atom. The number of hydrogen-bond donors (Lipinski definition) is 0. The van der Waals surface area contributed by atoms with Gasteiger partial charge in [-0.1, -0.05) is 70.4 Å². The van der Waals surface area contributed by atoms with E-state index >= 15 is 0 Å². The van der Waals surface area contributed by atoms with Crippen LogP contribution in [0.15, 0.2) is 54.3 Å². The lowest BCUT2D eigenvalue weighted by Crippen LogP contribution is -2.09. The normalized spacial score (nSPS) is 14.5. The third-order valence-corrected chi connectivity index (χ3v) is 4.96. The maximum absolute atomic E-state index is 6.03. The average molecular weight is 364 g/mol. The van der Waals surface area contributed by atoms with Gasteiger partial charge in [0.25, 0.3) is 0 Å². The fraction of sp³-hybridized carbons (Fsp3) is 0.524. The summed E-state index contributed by atoms with van der Waals surface area (Å²) >= 11 is 0. The van der Waals surface area contributed by atoms with E-state index in [-0.39, 0.29) is 0 Å². The van der Waals surface area contributed by atoms with Gasteiger partial charge in [0.15, 0.2) is 0 Å². The molecule has 2 atom stereocenters. The highest BCUT2D eigenvalue weighted by atomic mass is 31.2. The topological polar surface area (TPSA) is 27.7 Å². The Balaban J connectivity index is 2.66. The van der Waals surface area contributed by atoms with Crippen LogP contribution < -0.4 is 4.52 Å². The molecule has 0 fully saturated rings. The first kappa shape index (κ1) is 21.7. The largest absolute Gasteiger partial charge is 0.462 e. The summed E-state index contributed by atoms with van der Waals surface area (Å²) in [5, 5.41) is 0. The van der Waals surface area contributed by atoms with Crippen molar-refractivity contribution in [3.8, 4) is 5.75 Å². The van der Waals surface area contributed by atoms with Crippen molar-refractivity contribution in [3.63, 3.8) is 0 Å². The molecule has 0 amide bonds. The molecule has 3 nitrogen and oxygen atoms in total. The molecule has 2 unspecified atom stereocenters. The van der Waals surface area contributed by atoms with Gasteiger partial charge in [0, 0.05) is 0 Å². The van der Waals surface area contributed by atoms with Crippen molar-refractivity contribution in [3.05, 3.63) is 54.3 Å². The molecule has 1 aromatic rings. The van der Waals surface area contributed by atoms with Crippen molar-refractivity contribution in [1.82, 2.24) is 0 Å². The molecule has 0 radical (unpaired) electrons. The Labute approximate surface area is 155 Å². The third-order valence-electron chi connectivity index (χ3n) is 3.80. The van der Waals surface area contributed by atoms with Gasteiger partial charge in [0.2, 0.25) is 0 Å². The molecule has 0 saturated carbocycles. The molecule has 140 valence electrons. The first-order valence-electron chi connectivity index (χ1n) is 9.36. The lowest BCUT2D eigenvalue weighted by molar-refractivity contribution is 0.193. The van der Waals surface area contributed by atoms with Crippen LogP contribution in [0.25, 0.3) is 0 Å². The zero-order valence-corrected chi connectivity index (χ0v) is 17.0. The second-order valence-corrected chi connectivity index (χ2v) is 7.12. The van der Waals surface area contributed by atoms with Gasteiger partial charge < -0.3 is 9.05 Å². The van der Waals surface area contributed by atoms with Gasteiger partial charge in [-0.25, -0.2) is 0 Å². The van der Waals surface area contributed by atoms with Crippen molar-refractivity contribution >= 4 is 8.60 Å². The van der Waals surface area contributed by atoms with Crippen LogP contribution in [-0.4, -0.2) is 6.61 Å². The van der Waals surface area contributed by atoms with Gasteiger partial charge in [0.1, 0.15) is 11.5 Å². The highest BCUT2D eigenvalue weighted by Gasteiger charge is 2.19. The monoisotopic (exact) mass is 364 g/mol. The Morgan fingerprint density at radius 2 is 1.92 bits per heavy atom. The summed E-state index contributed by atoms with van der Waals surface area (Å²) in [6.07, 6.45) is 11.8. The third kappa shape index (κ3) is 10.3. The van der Waals surface area contributed by atoms with Crippen LogP contribution in [0.1, 0.15) is 59.8 Å². The quantitative estimate of drug-likeness (QED) is 0.207. The van der Waals surface area contributed by atoms with E-state index in [4.69, 9.17) is 13.6 Å².